The van der Waals surface area contributed by atoms with Gasteiger partial charge in [0, 0.05) is 6.07 Å². The van der Waals surface area contributed by atoms with E-state index in [-0.39, 0.29) is 22.0 Å². The lowest BCUT2D eigenvalue weighted by atomic mass is 9.81. The Balaban J connectivity index is 2.04. The monoisotopic (exact) mass is 343 g/mol. The second kappa shape index (κ2) is 4.91. The summed E-state index contributed by atoms with van der Waals surface area (Å²) in [5.74, 6) is -3.03. The molecule has 0 N–H and O–H groups in total. The summed E-state index contributed by atoms with van der Waals surface area (Å²) < 4.78 is 27.5. The van der Waals surface area contributed by atoms with Crippen molar-refractivity contribution in [2.24, 2.45) is 11.8 Å². The number of benzene rings is 1. The smallest absolute Gasteiger partial charge is 0.237 e. The topological polar surface area (TPSA) is 37.4 Å². The van der Waals surface area contributed by atoms with Gasteiger partial charge in [-0.05, 0) is 34.8 Å². The first-order chi connectivity index (χ1) is 9.50. The molecule has 2 fully saturated rings. The normalized spacial score (nSPS) is 26.1. The average Bonchev–Trinajstić information content (AvgIpc) is 2.68. The first kappa shape index (κ1) is 13.7. The van der Waals surface area contributed by atoms with Crippen molar-refractivity contribution in [1.29, 1.82) is 0 Å². The van der Waals surface area contributed by atoms with Crippen molar-refractivity contribution in [3.63, 3.8) is 0 Å². The maximum absolute atomic E-state index is 14.0. The molecule has 0 aromatic heterocycles. The van der Waals surface area contributed by atoms with Gasteiger partial charge in [-0.15, -0.1) is 0 Å². The van der Waals surface area contributed by atoms with Gasteiger partial charge in [0.05, 0.1) is 22.0 Å². The molecule has 1 heterocycles. The molecule has 1 aromatic rings. The van der Waals surface area contributed by atoms with Gasteiger partial charge in [0.25, 0.3) is 0 Å². The molecule has 2 amide bonds. The Bertz CT molecular complexity index is 581. The van der Waals surface area contributed by atoms with Gasteiger partial charge in [-0.25, -0.2) is 13.7 Å². The number of amides is 2. The number of halogens is 3. The van der Waals surface area contributed by atoms with E-state index >= 15 is 0 Å². The van der Waals surface area contributed by atoms with Crippen LogP contribution in [0.1, 0.15) is 25.7 Å². The lowest BCUT2D eigenvalue weighted by molar-refractivity contribution is -0.122. The molecule has 3 rings (SSSR count). The quantitative estimate of drug-likeness (QED) is 0.578. The summed E-state index contributed by atoms with van der Waals surface area (Å²) in [7, 11) is 0. The number of hydrogen-bond donors (Lipinski definition) is 0. The van der Waals surface area contributed by atoms with Crippen LogP contribution in [0, 0.1) is 23.5 Å². The summed E-state index contributed by atoms with van der Waals surface area (Å²) in [5, 5.41) is 0. The summed E-state index contributed by atoms with van der Waals surface area (Å²) in [4.78, 5) is 25.4. The maximum Gasteiger partial charge on any atom is 0.237 e. The summed E-state index contributed by atoms with van der Waals surface area (Å²) in [5.41, 5.74) is -0.282. The second-order valence-electron chi connectivity index (χ2n) is 5.23. The molecule has 3 nitrogen and oxygen atoms in total. The van der Waals surface area contributed by atoms with Gasteiger partial charge in [-0.1, -0.05) is 12.8 Å². The molecular weight excluding hydrogens is 332 g/mol. The van der Waals surface area contributed by atoms with Crippen LogP contribution in [-0.2, 0) is 9.59 Å². The second-order valence-corrected chi connectivity index (χ2v) is 6.08. The van der Waals surface area contributed by atoms with Crippen LogP contribution in [0.25, 0.3) is 0 Å². The van der Waals surface area contributed by atoms with Gasteiger partial charge < -0.3 is 0 Å². The lowest BCUT2D eigenvalue weighted by Crippen LogP contribution is -2.31. The van der Waals surface area contributed by atoms with Crippen molar-refractivity contribution < 1.29 is 18.4 Å². The van der Waals surface area contributed by atoms with Crippen molar-refractivity contribution >= 4 is 33.4 Å². The first-order valence-corrected chi connectivity index (χ1v) is 7.32. The number of fused-ring (bicyclic) bond motifs is 1. The number of hydrogen-bond acceptors (Lipinski definition) is 2. The van der Waals surface area contributed by atoms with E-state index in [1.165, 1.54) is 0 Å². The van der Waals surface area contributed by atoms with Gasteiger partial charge in [0.2, 0.25) is 11.8 Å². The highest BCUT2D eigenvalue weighted by Crippen LogP contribution is 2.41. The third-order valence-corrected chi connectivity index (χ3v) is 4.68. The minimum absolute atomic E-state index is 0.0322. The number of carbonyl (C=O) groups is 2. The minimum Gasteiger partial charge on any atom is -0.274 e. The molecule has 2 atom stereocenters. The van der Waals surface area contributed by atoms with Crippen molar-refractivity contribution in [1.82, 2.24) is 0 Å². The summed E-state index contributed by atoms with van der Waals surface area (Å²) in [6, 6.07) is 1.83. The highest BCUT2D eigenvalue weighted by molar-refractivity contribution is 9.10. The van der Waals surface area contributed by atoms with Crippen molar-refractivity contribution in [3.05, 3.63) is 28.2 Å². The molecule has 1 aromatic carbocycles. The molecule has 1 saturated heterocycles. The predicted octanol–water partition coefficient (Wildman–Crippen LogP) is 3.41. The Morgan fingerprint density at radius 2 is 1.55 bits per heavy atom. The van der Waals surface area contributed by atoms with Crippen molar-refractivity contribution in [3.8, 4) is 0 Å². The third kappa shape index (κ3) is 1.97. The van der Waals surface area contributed by atoms with Crippen LogP contribution < -0.4 is 4.90 Å². The van der Waals surface area contributed by atoms with Crippen LogP contribution in [0.5, 0.6) is 0 Å². The van der Waals surface area contributed by atoms with Gasteiger partial charge in [0.15, 0.2) is 0 Å². The zero-order valence-electron chi connectivity index (χ0n) is 10.5. The Hall–Kier alpha value is -1.30. The van der Waals surface area contributed by atoms with E-state index in [9.17, 15) is 18.4 Å². The van der Waals surface area contributed by atoms with Crippen LogP contribution in [-0.4, -0.2) is 11.8 Å². The van der Waals surface area contributed by atoms with E-state index < -0.39 is 23.4 Å². The van der Waals surface area contributed by atoms with Gasteiger partial charge in [0.1, 0.15) is 11.6 Å². The highest BCUT2D eigenvalue weighted by atomic mass is 79.9. The SMILES string of the molecule is O=C1C2CCCCC2C(=O)N1c1cc(F)c(Br)cc1F. The van der Waals surface area contributed by atoms with Crippen LogP contribution in [0.15, 0.2) is 16.6 Å². The summed E-state index contributed by atoms with van der Waals surface area (Å²) in [6.45, 7) is 0. The molecule has 2 unspecified atom stereocenters. The molecule has 0 spiro atoms. The highest BCUT2D eigenvalue weighted by Gasteiger charge is 2.49. The fourth-order valence-electron chi connectivity index (χ4n) is 3.08. The minimum atomic E-state index is -0.779. The fraction of sp³-hybridized carbons (Fsp3) is 0.429. The van der Waals surface area contributed by atoms with Gasteiger partial charge >= 0.3 is 0 Å². The number of carbonyl (C=O) groups excluding carboxylic acids is 2. The van der Waals surface area contributed by atoms with Crippen LogP contribution in [0.4, 0.5) is 14.5 Å². The van der Waals surface area contributed by atoms with E-state index in [1.54, 1.807) is 0 Å². The molecule has 2 aliphatic rings. The molecule has 20 heavy (non-hydrogen) atoms. The molecular formula is C14H12BrF2NO2. The maximum atomic E-state index is 14.0. The number of rotatable bonds is 1. The van der Waals surface area contributed by atoms with Crippen LogP contribution in [0.3, 0.4) is 0 Å². The molecule has 106 valence electrons. The number of anilines is 1. The zero-order valence-corrected chi connectivity index (χ0v) is 12.1. The molecule has 1 aliphatic heterocycles. The van der Waals surface area contributed by atoms with Crippen LogP contribution >= 0.6 is 15.9 Å². The third-order valence-electron chi connectivity index (χ3n) is 4.07. The van der Waals surface area contributed by atoms with E-state index in [2.05, 4.69) is 15.9 Å². The molecule has 6 heteroatoms. The zero-order chi connectivity index (χ0) is 14.4. The first-order valence-electron chi connectivity index (χ1n) is 6.53. The van der Waals surface area contributed by atoms with E-state index in [0.29, 0.717) is 12.8 Å². The lowest BCUT2D eigenvalue weighted by Gasteiger charge is -2.19. The van der Waals surface area contributed by atoms with Crippen molar-refractivity contribution in [2.45, 2.75) is 25.7 Å². The largest absolute Gasteiger partial charge is 0.274 e. The van der Waals surface area contributed by atoms with Crippen LogP contribution in [0.2, 0.25) is 0 Å². The van der Waals surface area contributed by atoms with E-state index in [4.69, 9.17) is 0 Å². The average molecular weight is 344 g/mol. The molecule has 0 bridgehead atoms. The standard InChI is InChI=1S/C14H12BrF2NO2/c15-9-5-11(17)12(6-10(9)16)18-13(19)7-3-1-2-4-8(7)14(18)20/h5-8H,1-4H2. The Labute approximate surface area is 123 Å². The Kier molecular flexibility index (Phi) is 3.36. The molecule has 0 radical (unpaired) electrons. The molecule has 1 aliphatic carbocycles. The van der Waals surface area contributed by atoms with Gasteiger partial charge in [-0.3, -0.25) is 9.59 Å². The fourth-order valence-corrected chi connectivity index (χ4v) is 3.40. The summed E-state index contributed by atoms with van der Waals surface area (Å²) >= 11 is 2.88. The van der Waals surface area contributed by atoms with E-state index in [1.807, 2.05) is 0 Å². The Morgan fingerprint density at radius 3 is 2.10 bits per heavy atom. The predicted molar refractivity (Wildman–Crippen MR) is 72.0 cm³/mol. The number of nitrogens with zero attached hydrogens (tertiary/aromatic N) is 1. The number of imide groups is 1. The van der Waals surface area contributed by atoms with Crippen molar-refractivity contribution in [2.75, 3.05) is 4.90 Å². The Morgan fingerprint density at radius 1 is 1.00 bits per heavy atom. The van der Waals surface area contributed by atoms with E-state index in [0.717, 1.165) is 29.9 Å². The summed E-state index contributed by atoms with van der Waals surface area (Å²) in [6.07, 6.45) is 3.08. The van der Waals surface area contributed by atoms with Gasteiger partial charge in [-0.2, -0.15) is 0 Å². The molecule has 1 saturated carbocycles.